The molecule has 3 nitrogen and oxygen atoms in total. The second-order valence-corrected chi connectivity index (χ2v) is 4.77. The maximum Gasteiger partial charge on any atom is 0.137 e. The standard InChI is InChI=1S/C14H22ClNO2.ClH/c1-16(9-5-2-6-11-17)10-12-18-14-8-4-3-7-13(14)15;/h3-4,7-8,17H,2,5-6,9-12H2,1H3;1H. The van der Waals surface area contributed by atoms with Crippen LogP contribution in [0.2, 0.25) is 5.02 Å². The van der Waals surface area contributed by atoms with Gasteiger partial charge in [0, 0.05) is 13.2 Å². The number of para-hydroxylation sites is 1. The number of aliphatic hydroxyl groups excluding tert-OH is 1. The normalized spacial score (nSPS) is 10.3. The Labute approximate surface area is 126 Å². The molecule has 1 rings (SSSR count). The smallest absolute Gasteiger partial charge is 0.137 e. The molecule has 0 amide bonds. The van der Waals surface area contributed by atoms with Gasteiger partial charge in [-0.1, -0.05) is 23.7 Å². The number of hydrogen-bond acceptors (Lipinski definition) is 3. The summed E-state index contributed by atoms with van der Waals surface area (Å²) in [7, 11) is 2.08. The van der Waals surface area contributed by atoms with Gasteiger partial charge in [-0.15, -0.1) is 12.4 Å². The van der Waals surface area contributed by atoms with Crippen molar-refractivity contribution in [2.45, 2.75) is 19.3 Å². The molecule has 1 aromatic rings. The predicted molar refractivity (Wildman–Crippen MR) is 82.6 cm³/mol. The lowest BCUT2D eigenvalue weighted by molar-refractivity contribution is 0.230. The van der Waals surface area contributed by atoms with Gasteiger partial charge in [0.2, 0.25) is 0 Å². The van der Waals surface area contributed by atoms with Crippen molar-refractivity contribution in [2.24, 2.45) is 0 Å². The minimum absolute atomic E-state index is 0. The first-order valence-corrected chi connectivity index (χ1v) is 6.78. The number of rotatable bonds is 9. The highest BCUT2D eigenvalue weighted by atomic mass is 35.5. The molecule has 1 aromatic carbocycles. The van der Waals surface area contributed by atoms with Crippen LogP contribution in [0, 0.1) is 0 Å². The number of nitrogens with zero attached hydrogens (tertiary/aromatic N) is 1. The third-order valence-electron chi connectivity index (χ3n) is 2.77. The summed E-state index contributed by atoms with van der Waals surface area (Å²) in [5, 5.41) is 9.33. The fourth-order valence-electron chi connectivity index (χ4n) is 1.66. The number of halogens is 2. The predicted octanol–water partition coefficient (Wildman–Crippen LogP) is 3.24. The van der Waals surface area contributed by atoms with E-state index in [9.17, 15) is 0 Å². The van der Waals surface area contributed by atoms with Crippen molar-refractivity contribution in [1.82, 2.24) is 4.90 Å². The average molecular weight is 308 g/mol. The van der Waals surface area contributed by atoms with Crippen molar-refractivity contribution in [3.05, 3.63) is 29.3 Å². The van der Waals surface area contributed by atoms with Crippen LogP contribution < -0.4 is 4.74 Å². The van der Waals surface area contributed by atoms with Crippen LogP contribution in [0.25, 0.3) is 0 Å². The second-order valence-electron chi connectivity index (χ2n) is 4.37. The van der Waals surface area contributed by atoms with Crippen molar-refractivity contribution >= 4 is 24.0 Å². The molecule has 0 saturated carbocycles. The highest BCUT2D eigenvalue weighted by molar-refractivity contribution is 6.32. The fourth-order valence-corrected chi connectivity index (χ4v) is 1.85. The van der Waals surface area contributed by atoms with E-state index in [0.717, 1.165) is 38.1 Å². The summed E-state index contributed by atoms with van der Waals surface area (Å²) < 4.78 is 5.62. The van der Waals surface area contributed by atoms with Gasteiger partial charge in [0.25, 0.3) is 0 Å². The highest BCUT2D eigenvalue weighted by Crippen LogP contribution is 2.22. The zero-order chi connectivity index (χ0) is 13.2. The molecule has 0 aliphatic heterocycles. The topological polar surface area (TPSA) is 32.7 Å². The van der Waals surface area contributed by atoms with Crippen LogP contribution in [-0.2, 0) is 0 Å². The molecule has 5 heteroatoms. The van der Waals surface area contributed by atoms with Crippen LogP contribution in [0.1, 0.15) is 19.3 Å². The molecule has 19 heavy (non-hydrogen) atoms. The van der Waals surface area contributed by atoms with Gasteiger partial charge in [-0.25, -0.2) is 0 Å². The van der Waals surface area contributed by atoms with Crippen molar-refractivity contribution in [1.29, 1.82) is 0 Å². The molecule has 0 saturated heterocycles. The minimum atomic E-state index is 0. The van der Waals surface area contributed by atoms with Crippen molar-refractivity contribution in [2.75, 3.05) is 33.4 Å². The lowest BCUT2D eigenvalue weighted by Gasteiger charge is -2.17. The van der Waals surface area contributed by atoms with Crippen LogP contribution in [0.5, 0.6) is 5.75 Å². The lowest BCUT2D eigenvalue weighted by atomic mass is 10.2. The Bertz CT molecular complexity index is 337. The number of aliphatic hydroxyl groups is 1. The highest BCUT2D eigenvalue weighted by Gasteiger charge is 2.01. The maximum atomic E-state index is 8.68. The molecule has 1 N–H and O–H groups in total. The van der Waals surface area contributed by atoms with E-state index in [-0.39, 0.29) is 12.4 Å². The summed E-state index contributed by atoms with van der Waals surface area (Å²) in [5.74, 6) is 0.743. The summed E-state index contributed by atoms with van der Waals surface area (Å²) in [6, 6.07) is 7.52. The molecule has 0 unspecified atom stereocenters. The van der Waals surface area contributed by atoms with E-state index in [1.807, 2.05) is 24.3 Å². The molecule has 110 valence electrons. The van der Waals surface area contributed by atoms with E-state index in [1.54, 1.807) is 0 Å². The summed E-state index contributed by atoms with van der Waals surface area (Å²) in [6.45, 7) is 2.84. The molecule has 0 fully saturated rings. The minimum Gasteiger partial charge on any atom is -0.491 e. The van der Waals surface area contributed by atoms with Crippen LogP contribution in [-0.4, -0.2) is 43.4 Å². The van der Waals surface area contributed by atoms with Gasteiger partial charge >= 0.3 is 0 Å². The van der Waals surface area contributed by atoms with Crippen LogP contribution >= 0.6 is 24.0 Å². The molecule has 0 heterocycles. The molecular formula is C14H23Cl2NO2. The first kappa shape index (κ1) is 18.5. The third kappa shape index (κ3) is 8.32. The Hall–Kier alpha value is -0.480. The van der Waals surface area contributed by atoms with Gasteiger partial charge < -0.3 is 14.7 Å². The van der Waals surface area contributed by atoms with Crippen molar-refractivity contribution < 1.29 is 9.84 Å². The maximum absolute atomic E-state index is 8.68. The number of benzene rings is 1. The van der Waals surface area contributed by atoms with E-state index in [1.165, 1.54) is 0 Å². The lowest BCUT2D eigenvalue weighted by Crippen LogP contribution is -2.25. The fraction of sp³-hybridized carbons (Fsp3) is 0.571. The summed E-state index contributed by atoms with van der Waals surface area (Å²) in [6.07, 6.45) is 3.08. The summed E-state index contributed by atoms with van der Waals surface area (Å²) in [5.41, 5.74) is 0. The number of hydrogen-bond donors (Lipinski definition) is 1. The van der Waals surface area contributed by atoms with Crippen molar-refractivity contribution in [3.8, 4) is 5.75 Å². The van der Waals surface area contributed by atoms with Gasteiger partial charge in [0.05, 0.1) is 5.02 Å². The number of likely N-dealkylation sites (N-methyl/N-ethyl adjacent to an activating group) is 1. The Morgan fingerprint density at radius 3 is 2.58 bits per heavy atom. The van der Waals surface area contributed by atoms with E-state index in [0.29, 0.717) is 18.2 Å². The molecule has 0 radical (unpaired) electrons. The van der Waals surface area contributed by atoms with E-state index < -0.39 is 0 Å². The number of ether oxygens (including phenoxy) is 1. The quantitative estimate of drug-likeness (QED) is 0.711. The SMILES string of the molecule is CN(CCCCCO)CCOc1ccccc1Cl.Cl. The van der Waals surface area contributed by atoms with Crippen LogP contribution in [0.4, 0.5) is 0 Å². The first-order chi connectivity index (χ1) is 8.74. The average Bonchev–Trinajstić information content (AvgIpc) is 2.37. The van der Waals surface area contributed by atoms with E-state index in [2.05, 4.69) is 11.9 Å². The van der Waals surface area contributed by atoms with Gasteiger partial charge in [0.1, 0.15) is 12.4 Å². The molecule has 0 aromatic heterocycles. The summed E-state index contributed by atoms with van der Waals surface area (Å²) >= 11 is 6.00. The molecule has 0 aliphatic rings. The Morgan fingerprint density at radius 2 is 1.89 bits per heavy atom. The monoisotopic (exact) mass is 307 g/mol. The Morgan fingerprint density at radius 1 is 1.16 bits per heavy atom. The van der Waals surface area contributed by atoms with Gasteiger partial charge in [-0.2, -0.15) is 0 Å². The van der Waals surface area contributed by atoms with Gasteiger partial charge in [-0.05, 0) is 45.0 Å². The van der Waals surface area contributed by atoms with Crippen molar-refractivity contribution in [3.63, 3.8) is 0 Å². The molecule has 0 atom stereocenters. The van der Waals surface area contributed by atoms with Crippen LogP contribution in [0.15, 0.2) is 24.3 Å². The van der Waals surface area contributed by atoms with Gasteiger partial charge in [0.15, 0.2) is 0 Å². The first-order valence-electron chi connectivity index (χ1n) is 6.41. The third-order valence-corrected chi connectivity index (χ3v) is 3.08. The molecule has 0 spiro atoms. The second kappa shape index (κ2) is 11.4. The van der Waals surface area contributed by atoms with E-state index in [4.69, 9.17) is 21.4 Å². The summed E-state index contributed by atoms with van der Waals surface area (Å²) in [4.78, 5) is 2.23. The molecule has 0 bridgehead atoms. The van der Waals surface area contributed by atoms with Gasteiger partial charge in [-0.3, -0.25) is 0 Å². The Balaban J connectivity index is 0.00000324. The van der Waals surface area contributed by atoms with Crippen LogP contribution in [0.3, 0.4) is 0 Å². The zero-order valence-electron chi connectivity index (χ0n) is 11.3. The van der Waals surface area contributed by atoms with E-state index >= 15 is 0 Å². The number of unbranched alkanes of at least 4 members (excludes halogenated alkanes) is 2. The molecule has 0 aliphatic carbocycles. The zero-order valence-corrected chi connectivity index (χ0v) is 12.9. The Kier molecular flexibility index (Phi) is 11.1. The largest absolute Gasteiger partial charge is 0.491 e. The molecular weight excluding hydrogens is 285 g/mol.